The van der Waals surface area contributed by atoms with Gasteiger partial charge in [-0.15, -0.1) is 11.8 Å². The van der Waals surface area contributed by atoms with Crippen molar-refractivity contribution in [2.24, 2.45) is 11.5 Å². The second-order valence-electron chi connectivity index (χ2n) is 1.36. The molecule has 1 unspecified atom stereocenters. The largest absolute Gasteiger partial charge is 0.330 e. The van der Waals surface area contributed by atoms with E-state index in [1.807, 2.05) is 6.92 Å². The Morgan fingerprint density at radius 1 is 1.71 bits per heavy atom. The first-order valence-corrected chi connectivity index (χ1v) is 3.39. The minimum Gasteiger partial charge on any atom is -0.330 e. The maximum atomic E-state index is 5.39. The summed E-state index contributed by atoms with van der Waals surface area (Å²) in [7, 11) is 0. The van der Waals surface area contributed by atoms with Gasteiger partial charge < -0.3 is 11.5 Å². The summed E-state index contributed by atoms with van der Waals surface area (Å²) >= 11 is 1.68. The second-order valence-corrected chi connectivity index (χ2v) is 2.85. The van der Waals surface area contributed by atoms with E-state index in [1.54, 1.807) is 11.8 Å². The molecular weight excluding hydrogens is 108 g/mol. The fourth-order valence-electron chi connectivity index (χ4n) is 0.254. The Kier molecular flexibility index (Phi) is 4.60. The monoisotopic (exact) mass is 120 g/mol. The van der Waals surface area contributed by atoms with Crippen LogP contribution in [0.4, 0.5) is 0 Å². The third-order valence-electron chi connectivity index (χ3n) is 0.499. The summed E-state index contributed by atoms with van der Waals surface area (Å²) in [5.41, 5.74) is 10.6. The highest BCUT2D eigenvalue weighted by atomic mass is 32.2. The molecule has 0 aromatic heterocycles. The van der Waals surface area contributed by atoms with Crippen LogP contribution in [0.1, 0.15) is 6.92 Å². The van der Waals surface area contributed by atoms with Gasteiger partial charge in [0.15, 0.2) is 0 Å². The van der Waals surface area contributed by atoms with Crippen LogP contribution in [0.25, 0.3) is 0 Å². The quantitative estimate of drug-likeness (QED) is 0.515. The molecule has 0 fully saturated rings. The van der Waals surface area contributed by atoms with Gasteiger partial charge in [0.1, 0.15) is 0 Å². The smallest absolute Gasteiger partial charge is 0.0478 e. The zero-order chi connectivity index (χ0) is 5.70. The number of hydrogen-bond donors (Lipinski definition) is 2. The summed E-state index contributed by atoms with van der Waals surface area (Å²) in [5.74, 6) is 0.970. The van der Waals surface area contributed by atoms with E-state index in [0.29, 0.717) is 0 Å². The Hall–Kier alpha value is 0.270. The molecule has 0 spiro atoms. The molecule has 1 atom stereocenters. The van der Waals surface area contributed by atoms with Crippen LogP contribution in [-0.2, 0) is 0 Å². The highest BCUT2D eigenvalue weighted by Gasteiger charge is 1.88. The Balaban J connectivity index is 2.68. The highest BCUT2D eigenvalue weighted by molar-refractivity contribution is 7.99. The van der Waals surface area contributed by atoms with Crippen molar-refractivity contribution in [3.63, 3.8) is 0 Å². The predicted octanol–water partition coefficient (Wildman–Crippen LogP) is -0.0170. The third-order valence-corrected chi connectivity index (χ3v) is 1.50. The molecule has 0 saturated heterocycles. The van der Waals surface area contributed by atoms with Gasteiger partial charge in [0.2, 0.25) is 0 Å². The van der Waals surface area contributed by atoms with Crippen molar-refractivity contribution in [2.75, 3.05) is 12.3 Å². The second kappa shape index (κ2) is 4.43. The average Bonchev–Trinajstić information content (AvgIpc) is 1.61. The molecule has 0 saturated carbocycles. The van der Waals surface area contributed by atoms with Gasteiger partial charge in [-0.2, -0.15) is 0 Å². The number of rotatable bonds is 3. The normalized spacial score (nSPS) is 14.1. The van der Waals surface area contributed by atoms with Gasteiger partial charge in [-0.05, 0) is 6.92 Å². The van der Waals surface area contributed by atoms with Gasteiger partial charge in [0, 0.05) is 17.7 Å². The maximum Gasteiger partial charge on any atom is 0.0478 e. The summed E-state index contributed by atoms with van der Waals surface area (Å²) in [6, 6.07) is 0. The lowest BCUT2D eigenvalue weighted by Crippen LogP contribution is -2.13. The molecular formula is C4H12N2S. The van der Waals surface area contributed by atoms with Crippen molar-refractivity contribution >= 4 is 11.8 Å². The van der Waals surface area contributed by atoms with Crippen LogP contribution < -0.4 is 11.5 Å². The molecule has 0 aliphatic carbocycles. The van der Waals surface area contributed by atoms with E-state index in [4.69, 9.17) is 11.5 Å². The lowest BCUT2D eigenvalue weighted by Gasteiger charge is -1.99. The molecule has 0 heterocycles. The zero-order valence-electron chi connectivity index (χ0n) is 4.55. The van der Waals surface area contributed by atoms with Crippen molar-refractivity contribution in [3.05, 3.63) is 0 Å². The van der Waals surface area contributed by atoms with E-state index < -0.39 is 0 Å². The van der Waals surface area contributed by atoms with Gasteiger partial charge in [-0.1, -0.05) is 0 Å². The first-order chi connectivity index (χ1) is 3.27. The Morgan fingerprint density at radius 2 is 2.29 bits per heavy atom. The number of nitrogens with two attached hydrogens (primary N) is 2. The van der Waals surface area contributed by atoms with E-state index in [9.17, 15) is 0 Å². The summed E-state index contributed by atoms with van der Waals surface area (Å²) in [6.07, 6.45) is 0. The molecule has 44 valence electrons. The topological polar surface area (TPSA) is 52.0 Å². The van der Waals surface area contributed by atoms with Crippen LogP contribution in [0.15, 0.2) is 0 Å². The van der Waals surface area contributed by atoms with Gasteiger partial charge >= 0.3 is 0 Å². The zero-order valence-corrected chi connectivity index (χ0v) is 5.37. The summed E-state index contributed by atoms with van der Waals surface area (Å²) in [4.78, 5) is 0. The fourth-order valence-corrected chi connectivity index (χ4v) is 0.762. The summed E-state index contributed by atoms with van der Waals surface area (Å²) < 4.78 is 0. The molecule has 7 heavy (non-hydrogen) atoms. The third kappa shape index (κ3) is 6.27. The van der Waals surface area contributed by atoms with Crippen molar-refractivity contribution in [2.45, 2.75) is 12.3 Å². The molecule has 0 aromatic carbocycles. The van der Waals surface area contributed by atoms with E-state index in [2.05, 4.69) is 0 Å². The van der Waals surface area contributed by atoms with Gasteiger partial charge in [-0.25, -0.2) is 0 Å². The molecule has 0 aromatic rings. The van der Waals surface area contributed by atoms with E-state index in [0.717, 1.165) is 12.3 Å². The standard InChI is InChI=1S/C4H12N2S/c1-4(6)7-3-2-5/h4H,2-3,5-6H2,1H3. The molecule has 2 nitrogen and oxygen atoms in total. The molecule has 0 radical (unpaired) electrons. The van der Waals surface area contributed by atoms with Crippen molar-refractivity contribution in [3.8, 4) is 0 Å². The predicted molar refractivity (Wildman–Crippen MR) is 35.2 cm³/mol. The van der Waals surface area contributed by atoms with Gasteiger partial charge in [-0.3, -0.25) is 0 Å². The maximum absolute atomic E-state index is 5.39. The Bertz CT molecular complexity index is 38.7. The van der Waals surface area contributed by atoms with Crippen LogP contribution in [0.5, 0.6) is 0 Å². The van der Waals surface area contributed by atoms with Crippen molar-refractivity contribution in [1.82, 2.24) is 0 Å². The van der Waals surface area contributed by atoms with Crippen molar-refractivity contribution in [1.29, 1.82) is 0 Å². The molecule has 0 aliphatic rings. The van der Waals surface area contributed by atoms with E-state index in [-0.39, 0.29) is 5.37 Å². The molecule has 0 amide bonds. The molecule has 4 N–H and O–H groups in total. The van der Waals surface area contributed by atoms with E-state index in [1.165, 1.54) is 0 Å². The lowest BCUT2D eigenvalue weighted by atomic mass is 10.8. The average molecular weight is 120 g/mol. The Morgan fingerprint density at radius 3 is 2.43 bits per heavy atom. The molecule has 3 heteroatoms. The van der Waals surface area contributed by atoms with Crippen LogP contribution in [0.3, 0.4) is 0 Å². The Labute approximate surface area is 48.6 Å². The summed E-state index contributed by atoms with van der Waals surface area (Å²) in [5, 5.41) is 0.239. The number of thioether (sulfide) groups is 1. The summed E-state index contributed by atoms with van der Waals surface area (Å²) in [6.45, 7) is 2.69. The molecule has 0 bridgehead atoms. The van der Waals surface area contributed by atoms with Crippen LogP contribution in [-0.4, -0.2) is 17.7 Å². The molecule has 0 aliphatic heterocycles. The van der Waals surface area contributed by atoms with Crippen LogP contribution in [0.2, 0.25) is 0 Å². The first-order valence-electron chi connectivity index (χ1n) is 2.34. The van der Waals surface area contributed by atoms with Gasteiger partial charge in [0.25, 0.3) is 0 Å². The lowest BCUT2D eigenvalue weighted by molar-refractivity contribution is 1.03. The van der Waals surface area contributed by atoms with Crippen LogP contribution >= 0.6 is 11.8 Å². The van der Waals surface area contributed by atoms with Crippen molar-refractivity contribution < 1.29 is 0 Å². The minimum atomic E-state index is 0.239. The minimum absolute atomic E-state index is 0.239. The SMILES string of the molecule is CC(N)SCCN. The first kappa shape index (κ1) is 7.27. The van der Waals surface area contributed by atoms with Crippen LogP contribution in [0, 0.1) is 0 Å². The fraction of sp³-hybridized carbons (Fsp3) is 1.00. The van der Waals surface area contributed by atoms with Gasteiger partial charge in [0.05, 0.1) is 0 Å². The molecule has 0 rings (SSSR count). The van der Waals surface area contributed by atoms with E-state index >= 15 is 0 Å². The highest BCUT2D eigenvalue weighted by Crippen LogP contribution is 2.00. The number of hydrogen-bond acceptors (Lipinski definition) is 3.